The second-order valence-corrected chi connectivity index (χ2v) is 9.93. The third kappa shape index (κ3) is 3.14. The number of nitrogens with zero attached hydrogens (tertiary/aromatic N) is 4. The molecule has 5 rings (SSSR count). The summed E-state index contributed by atoms with van der Waals surface area (Å²) in [6.45, 7) is 4.96. The summed E-state index contributed by atoms with van der Waals surface area (Å²) >= 11 is 0. The van der Waals surface area contributed by atoms with Crippen molar-refractivity contribution < 1.29 is 14.0 Å². The van der Waals surface area contributed by atoms with Gasteiger partial charge in [0.15, 0.2) is 0 Å². The molecule has 31 heavy (non-hydrogen) atoms. The zero-order valence-corrected chi connectivity index (χ0v) is 17.9. The summed E-state index contributed by atoms with van der Waals surface area (Å²) in [5.41, 5.74) is 6.62. The van der Waals surface area contributed by atoms with Gasteiger partial charge in [-0.1, -0.05) is 12.1 Å². The lowest BCUT2D eigenvalue weighted by Gasteiger charge is -2.44. The van der Waals surface area contributed by atoms with Crippen molar-refractivity contribution in [3.05, 3.63) is 35.6 Å². The molecule has 2 N–H and O–H groups in total. The minimum atomic E-state index is -0.735. The maximum absolute atomic E-state index is 13.4. The van der Waals surface area contributed by atoms with Gasteiger partial charge < -0.3 is 15.5 Å². The molecule has 7 nitrogen and oxygen atoms in total. The van der Waals surface area contributed by atoms with Gasteiger partial charge in [0, 0.05) is 25.2 Å². The van der Waals surface area contributed by atoms with Gasteiger partial charge in [0.1, 0.15) is 11.9 Å². The van der Waals surface area contributed by atoms with E-state index in [2.05, 4.69) is 6.07 Å². The largest absolute Gasteiger partial charge is 0.328 e. The van der Waals surface area contributed by atoms with Crippen LogP contribution in [0.1, 0.15) is 38.7 Å². The maximum atomic E-state index is 13.4. The number of carbonyl (C=O) groups is 2. The van der Waals surface area contributed by atoms with Gasteiger partial charge in [-0.3, -0.25) is 14.5 Å². The van der Waals surface area contributed by atoms with E-state index in [0.29, 0.717) is 25.4 Å². The molecule has 6 atom stereocenters. The normalized spacial score (nSPS) is 32.9. The first-order valence-electron chi connectivity index (χ1n) is 11.0. The average molecular weight is 426 g/mol. The molecule has 0 radical (unpaired) electrons. The van der Waals surface area contributed by atoms with E-state index in [1.807, 2.05) is 23.6 Å². The van der Waals surface area contributed by atoms with Crippen molar-refractivity contribution >= 4 is 11.8 Å². The van der Waals surface area contributed by atoms with E-state index in [4.69, 9.17) is 5.73 Å². The number of rotatable bonds is 5. The van der Waals surface area contributed by atoms with Crippen LogP contribution in [0.5, 0.6) is 0 Å². The first-order valence-corrected chi connectivity index (χ1v) is 11.0. The number of benzene rings is 1. The summed E-state index contributed by atoms with van der Waals surface area (Å²) in [7, 11) is 0. The Bertz CT molecular complexity index is 958. The molecule has 2 amide bonds. The first kappa shape index (κ1) is 20.4. The van der Waals surface area contributed by atoms with Gasteiger partial charge in [-0.25, -0.2) is 4.39 Å². The van der Waals surface area contributed by atoms with E-state index < -0.39 is 11.6 Å². The first-order chi connectivity index (χ1) is 14.7. The monoisotopic (exact) mass is 425 g/mol. The van der Waals surface area contributed by atoms with Crippen molar-refractivity contribution in [1.82, 2.24) is 14.7 Å². The topological polar surface area (TPSA) is 93.7 Å². The van der Waals surface area contributed by atoms with E-state index in [9.17, 15) is 19.2 Å². The lowest BCUT2D eigenvalue weighted by molar-refractivity contribution is -0.144. The molecule has 4 fully saturated rings. The van der Waals surface area contributed by atoms with E-state index in [0.717, 1.165) is 18.4 Å². The molecular formula is C23H28FN5O2. The van der Waals surface area contributed by atoms with Crippen molar-refractivity contribution in [1.29, 1.82) is 5.26 Å². The van der Waals surface area contributed by atoms with Crippen LogP contribution in [-0.4, -0.2) is 69.8 Å². The van der Waals surface area contributed by atoms with Gasteiger partial charge in [0.2, 0.25) is 11.8 Å². The molecule has 2 bridgehead atoms. The molecule has 3 heterocycles. The van der Waals surface area contributed by atoms with Crippen LogP contribution in [0.15, 0.2) is 24.3 Å². The number of likely N-dealkylation sites (tertiary alicyclic amines) is 3. The van der Waals surface area contributed by atoms with Crippen LogP contribution in [0.4, 0.5) is 4.39 Å². The molecule has 4 aliphatic rings. The molecule has 1 saturated carbocycles. The Balaban J connectivity index is 1.26. The zero-order chi connectivity index (χ0) is 22.1. The number of piperazine rings is 1. The number of nitrogens with two attached hydrogens (primary N) is 1. The second-order valence-electron chi connectivity index (χ2n) is 9.93. The van der Waals surface area contributed by atoms with E-state index in [1.54, 1.807) is 17.0 Å². The molecule has 0 spiro atoms. The average Bonchev–Trinajstić information content (AvgIpc) is 3.06. The summed E-state index contributed by atoms with van der Waals surface area (Å²) in [6.07, 6.45) is 2.43. The highest BCUT2D eigenvalue weighted by atomic mass is 19.1. The van der Waals surface area contributed by atoms with Crippen LogP contribution in [0.2, 0.25) is 0 Å². The number of fused-ring (bicyclic) bond motifs is 3. The number of piperidine rings is 1. The standard InChI is InChI=1S/C23H28FN5O2/c1-23(2,14-3-5-15(24)6-4-14)29-17-9-20(22(29)31)27(11-17)12-18(26)21(30)28-16(10-25)7-13-8-19(13)28/h3-6,13,16-20H,7-9,11-12,26H2,1-2H3/t13-,16?,17+,18?,19?,20?/m1/s1. The van der Waals surface area contributed by atoms with E-state index in [1.165, 1.54) is 12.1 Å². The van der Waals surface area contributed by atoms with Crippen LogP contribution < -0.4 is 5.73 Å². The number of nitriles is 1. The molecule has 1 aromatic carbocycles. The summed E-state index contributed by atoms with van der Waals surface area (Å²) < 4.78 is 13.4. The Hall–Kier alpha value is -2.50. The fourth-order valence-electron chi connectivity index (χ4n) is 6.01. The van der Waals surface area contributed by atoms with Crippen LogP contribution in [0, 0.1) is 23.1 Å². The van der Waals surface area contributed by atoms with Crippen molar-refractivity contribution in [2.75, 3.05) is 13.1 Å². The zero-order valence-electron chi connectivity index (χ0n) is 17.9. The SMILES string of the molecule is CC(C)(c1ccc(F)cc1)N1C(=O)C2C[C@H]1CN2CC(N)C(=O)N1C(C#N)C[C@@H]2CC21. The highest BCUT2D eigenvalue weighted by Crippen LogP contribution is 2.48. The highest BCUT2D eigenvalue weighted by Gasteiger charge is 2.57. The Morgan fingerprint density at radius 1 is 1.29 bits per heavy atom. The Kier molecular flexibility index (Phi) is 4.61. The fourth-order valence-corrected chi connectivity index (χ4v) is 6.01. The lowest BCUT2D eigenvalue weighted by atomic mass is 9.91. The number of amides is 2. The summed E-state index contributed by atoms with van der Waals surface area (Å²) in [5.74, 6) is 0.0130. The molecule has 4 unspecified atom stereocenters. The van der Waals surface area contributed by atoms with Gasteiger partial charge in [0.05, 0.1) is 23.7 Å². The molecule has 164 valence electrons. The highest BCUT2D eigenvalue weighted by molar-refractivity contribution is 5.87. The van der Waals surface area contributed by atoms with Crippen molar-refractivity contribution in [2.45, 2.75) is 68.9 Å². The summed E-state index contributed by atoms with van der Waals surface area (Å²) in [5, 5.41) is 9.36. The second kappa shape index (κ2) is 7.01. The van der Waals surface area contributed by atoms with Crippen molar-refractivity contribution in [3.8, 4) is 6.07 Å². The predicted octanol–water partition coefficient (Wildman–Crippen LogP) is 1.19. The van der Waals surface area contributed by atoms with Gasteiger partial charge >= 0.3 is 0 Å². The molecule has 1 aliphatic carbocycles. The van der Waals surface area contributed by atoms with Crippen molar-refractivity contribution in [2.24, 2.45) is 11.7 Å². The van der Waals surface area contributed by atoms with Gasteiger partial charge in [-0.15, -0.1) is 0 Å². The van der Waals surface area contributed by atoms with E-state index in [-0.39, 0.29) is 41.8 Å². The van der Waals surface area contributed by atoms with Crippen LogP contribution in [0.25, 0.3) is 0 Å². The minimum Gasteiger partial charge on any atom is -0.328 e. The van der Waals surface area contributed by atoms with Gasteiger partial charge in [0.25, 0.3) is 0 Å². The third-order valence-electron chi connectivity index (χ3n) is 7.68. The van der Waals surface area contributed by atoms with Crippen molar-refractivity contribution in [3.63, 3.8) is 0 Å². The number of hydrogen-bond donors (Lipinski definition) is 1. The van der Waals surface area contributed by atoms with Gasteiger partial charge in [-0.05, 0) is 56.7 Å². The van der Waals surface area contributed by atoms with Crippen LogP contribution in [-0.2, 0) is 15.1 Å². The van der Waals surface area contributed by atoms with Crippen LogP contribution >= 0.6 is 0 Å². The summed E-state index contributed by atoms with van der Waals surface area (Å²) in [4.78, 5) is 31.8. The fraction of sp³-hybridized carbons (Fsp3) is 0.609. The molecular weight excluding hydrogens is 397 g/mol. The number of halogens is 1. The lowest BCUT2D eigenvalue weighted by Crippen LogP contribution is -2.59. The smallest absolute Gasteiger partial charge is 0.242 e. The Morgan fingerprint density at radius 2 is 2.00 bits per heavy atom. The number of hydrogen-bond acceptors (Lipinski definition) is 5. The number of carbonyl (C=O) groups excluding carboxylic acids is 2. The quantitative estimate of drug-likeness (QED) is 0.765. The van der Waals surface area contributed by atoms with Crippen LogP contribution in [0.3, 0.4) is 0 Å². The Labute approximate surface area is 181 Å². The minimum absolute atomic E-state index is 0.0311. The molecule has 3 saturated heterocycles. The predicted molar refractivity (Wildman–Crippen MR) is 111 cm³/mol. The summed E-state index contributed by atoms with van der Waals surface area (Å²) in [6, 6.07) is 7.35. The van der Waals surface area contributed by atoms with Gasteiger partial charge in [-0.2, -0.15) is 5.26 Å². The molecule has 0 aromatic heterocycles. The molecule has 3 aliphatic heterocycles. The molecule has 1 aromatic rings. The molecule has 8 heteroatoms. The third-order valence-corrected chi connectivity index (χ3v) is 7.68. The van der Waals surface area contributed by atoms with E-state index >= 15 is 0 Å². The Morgan fingerprint density at radius 3 is 2.65 bits per heavy atom. The maximum Gasteiger partial charge on any atom is 0.242 e.